The van der Waals surface area contributed by atoms with Crippen molar-refractivity contribution in [2.24, 2.45) is 0 Å². The van der Waals surface area contributed by atoms with E-state index in [9.17, 15) is 14.4 Å². The molecule has 0 radical (unpaired) electrons. The highest BCUT2D eigenvalue weighted by Crippen LogP contribution is 2.15. The molecule has 16 heteroatoms. The van der Waals surface area contributed by atoms with Crippen molar-refractivity contribution < 1.29 is 66.5 Å². The van der Waals surface area contributed by atoms with Gasteiger partial charge in [-0.1, -0.05) is 0 Å². The molecule has 0 saturated heterocycles. The molecular weight excluding hydrogens is 660 g/mol. The standard InChI is InChI=1S/C34H54N2O14/c1-30(37)35-31-2-4-32(5-3-31)50-29-28-49-27-26-48-25-24-47-23-22-46-21-20-45-19-18-44-17-16-43-15-14-42-13-12-41-11-10-40-9-8-36-33(38)6-7-34(36)39/h2-7H,8-29H2,1H3,(H,35,37). The van der Waals surface area contributed by atoms with Gasteiger partial charge in [0.25, 0.3) is 11.8 Å². The van der Waals surface area contributed by atoms with Crippen molar-refractivity contribution in [2.45, 2.75) is 6.92 Å². The summed E-state index contributed by atoms with van der Waals surface area (Å²) in [6.07, 6.45) is 2.51. The number of benzene rings is 1. The molecule has 0 spiro atoms. The quantitative estimate of drug-likeness (QED) is 0.0785. The number of nitrogens with zero attached hydrogens (tertiary/aromatic N) is 1. The Morgan fingerprint density at radius 2 is 0.780 bits per heavy atom. The summed E-state index contributed by atoms with van der Waals surface area (Å²) in [6, 6.07) is 7.15. The number of imide groups is 1. The normalized spacial score (nSPS) is 12.7. The minimum atomic E-state index is -0.310. The maximum Gasteiger partial charge on any atom is 0.253 e. The number of carbonyl (C=O) groups is 3. The zero-order valence-electron chi connectivity index (χ0n) is 29.2. The van der Waals surface area contributed by atoms with E-state index in [0.29, 0.717) is 138 Å². The second-order valence-electron chi connectivity index (χ2n) is 10.3. The molecule has 0 unspecified atom stereocenters. The summed E-state index contributed by atoms with van der Waals surface area (Å²) in [5.74, 6) is -0.0227. The van der Waals surface area contributed by atoms with E-state index < -0.39 is 0 Å². The summed E-state index contributed by atoms with van der Waals surface area (Å²) >= 11 is 0. The van der Waals surface area contributed by atoms with Crippen molar-refractivity contribution in [3.8, 4) is 5.75 Å². The molecule has 284 valence electrons. The van der Waals surface area contributed by atoms with Gasteiger partial charge in [0.1, 0.15) is 12.4 Å². The fourth-order valence-corrected chi connectivity index (χ4v) is 3.94. The zero-order chi connectivity index (χ0) is 35.7. The van der Waals surface area contributed by atoms with Gasteiger partial charge in [-0.3, -0.25) is 19.3 Å². The van der Waals surface area contributed by atoms with Gasteiger partial charge in [0.2, 0.25) is 5.91 Å². The third kappa shape index (κ3) is 24.2. The van der Waals surface area contributed by atoms with Crippen LogP contribution in [0.2, 0.25) is 0 Å². The minimum absolute atomic E-state index is 0.113. The number of carbonyl (C=O) groups excluding carboxylic acids is 3. The van der Waals surface area contributed by atoms with Gasteiger partial charge in [-0.05, 0) is 24.3 Å². The molecule has 1 aliphatic rings. The van der Waals surface area contributed by atoms with Crippen molar-refractivity contribution in [1.29, 1.82) is 0 Å². The first-order valence-corrected chi connectivity index (χ1v) is 16.9. The summed E-state index contributed by atoms with van der Waals surface area (Å²) in [7, 11) is 0. The number of rotatable bonds is 35. The molecule has 1 aromatic rings. The summed E-state index contributed by atoms with van der Waals surface area (Å²) in [5, 5.41) is 2.71. The van der Waals surface area contributed by atoms with Crippen molar-refractivity contribution in [3.05, 3.63) is 36.4 Å². The molecule has 0 atom stereocenters. The van der Waals surface area contributed by atoms with E-state index in [0.717, 1.165) is 10.6 Å². The number of anilines is 1. The van der Waals surface area contributed by atoms with Gasteiger partial charge in [0.15, 0.2) is 0 Å². The van der Waals surface area contributed by atoms with Gasteiger partial charge in [-0.25, -0.2) is 0 Å². The zero-order valence-corrected chi connectivity index (χ0v) is 29.2. The summed E-state index contributed by atoms with van der Waals surface area (Å²) < 4.78 is 60.1. The topological polar surface area (TPSA) is 168 Å². The average Bonchev–Trinajstić information content (AvgIpc) is 3.43. The number of ether oxygens (including phenoxy) is 11. The van der Waals surface area contributed by atoms with Gasteiger partial charge in [0.05, 0.1) is 139 Å². The molecule has 0 fully saturated rings. The Hall–Kier alpha value is -3.03. The van der Waals surface area contributed by atoms with Crippen LogP contribution in [-0.2, 0) is 61.8 Å². The molecule has 3 amide bonds. The van der Waals surface area contributed by atoms with Crippen LogP contribution in [0, 0.1) is 0 Å². The van der Waals surface area contributed by atoms with Crippen LogP contribution in [0.15, 0.2) is 36.4 Å². The SMILES string of the molecule is CC(=O)Nc1ccc(OCCOCCOCCOCCOCCOCCOCCOCCOCCOCCOCCN2C(=O)C=CC2=O)cc1. The highest BCUT2D eigenvalue weighted by atomic mass is 16.6. The molecule has 2 rings (SSSR count). The van der Waals surface area contributed by atoms with Crippen LogP contribution < -0.4 is 10.1 Å². The second kappa shape index (κ2) is 30.8. The lowest BCUT2D eigenvalue weighted by Crippen LogP contribution is -2.33. The smallest absolute Gasteiger partial charge is 0.253 e. The largest absolute Gasteiger partial charge is 0.491 e. The summed E-state index contributed by atoms with van der Waals surface area (Å²) in [5.41, 5.74) is 0.726. The summed E-state index contributed by atoms with van der Waals surface area (Å²) in [6.45, 7) is 11.2. The van der Waals surface area contributed by atoms with E-state index >= 15 is 0 Å². The predicted octanol–water partition coefficient (Wildman–Crippen LogP) is 1.11. The molecule has 1 aromatic carbocycles. The maximum absolute atomic E-state index is 11.4. The van der Waals surface area contributed by atoms with E-state index in [2.05, 4.69) is 5.32 Å². The lowest BCUT2D eigenvalue weighted by atomic mass is 10.3. The van der Waals surface area contributed by atoms with Crippen LogP contribution in [0.1, 0.15) is 6.92 Å². The minimum Gasteiger partial charge on any atom is -0.491 e. The molecule has 1 aliphatic heterocycles. The Kier molecular flexibility index (Phi) is 26.5. The Morgan fingerprint density at radius 3 is 1.10 bits per heavy atom. The first-order chi connectivity index (χ1) is 24.6. The third-order valence-corrected chi connectivity index (χ3v) is 6.38. The number of hydrogen-bond acceptors (Lipinski definition) is 14. The molecule has 16 nitrogen and oxygen atoms in total. The van der Waals surface area contributed by atoms with Crippen LogP contribution in [0.3, 0.4) is 0 Å². The van der Waals surface area contributed by atoms with Crippen molar-refractivity contribution in [3.63, 3.8) is 0 Å². The van der Waals surface area contributed by atoms with E-state index in [-0.39, 0.29) is 30.9 Å². The molecule has 0 aliphatic carbocycles. The molecule has 0 aromatic heterocycles. The number of hydrogen-bond donors (Lipinski definition) is 1. The second-order valence-corrected chi connectivity index (χ2v) is 10.3. The Morgan fingerprint density at radius 1 is 0.480 bits per heavy atom. The molecule has 1 heterocycles. The van der Waals surface area contributed by atoms with Gasteiger partial charge in [0, 0.05) is 24.8 Å². The molecule has 50 heavy (non-hydrogen) atoms. The average molecular weight is 715 g/mol. The van der Waals surface area contributed by atoms with Gasteiger partial charge in [-0.2, -0.15) is 0 Å². The highest BCUT2D eigenvalue weighted by Gasteiger charge is 2.22. The van der Waals surface area contributed by atoms with Crippen LogP contribution in [0.25, 0.3) is 0 Å². The van der Waals surface area contributed by atoms with Gasteiger partial charge in [-0.15, -0.1) is 0 Å². The van der Waals surface area contributed by atoms with E-state index in [1.165, 1.54) is 19.1 Å². The van der Waals surface area contributed by atoms with Crippen LogP contribution in [0.5, 0.6) is 5.75 Å². The lowest BCUT2D eigenvalue weighted by molar-refractivity contribution is -0.137. The van der Waals surface area contributed by atoms with Crippen molar-refractivity contribution in [1.82, 2.24) is 4.90 Å². The van der Waals surface area contributed by atoms with E-state index in [1.54, 1.807) is 24.3 Å². The number of amides is 3. The fourth-order valence-electron chi connectivity index (χ4n) is 3.94. The van der Waals surface area contributed by atoms with E-state index in [1.807, 2.05) is 0 Å². The third-order valence-electron chi connectivity index (χ3n) is 6.38. The molecule has 0 bridgehead atoms. The highest BCUT2D eigenvalue weighted by molar-refractivity contribution is 6.12. The lowest BCUT2D eigenvalue weighted by Gasteiger charge is -2.13. The van der Waals surface area contributed by atoms with Gasteiger partial charge >= 0.3 is 0 Å². The summed E-state index contributed by atoms with van der Waals surface area (Å²) in [4.78, 5) is 35.0. The molecule has 1 N–H and O–H groups in total. The van der Waals surface area contributed by atoms with Crippen molar-refractivity contribution >= 4 is 23.4 Å². The van der Waals surface area contributed by atoms with Crippen LogP contribution in [-0.4, -0.2) is 168 Å². The van der Waals surface area contributed by atoms with Crippen LogP contribution >= 0.6 is 0 Å². The first kappa shape index (κ1) is 43.1. The maximum atomic E-state index is 11.4. The predicted molar refractivity (Wildman–Crippen MR) is 180 cm³/mol. The van der Waals surface area contributed by atoms with E-state index in [4.69, 9.17) is 52.1 Å². The Balaban J connectivity index is 1.16. The molecule has 0 saturated carbocycles. The van der Waals surface area contributed by atoms with Crippen LogP contribution in [0.4, 0.5) is 5.69 Å². The fraction of sp³-hybridized carbons (Fsp3) is 0.676. The first-order valence-electron chi connectivity index (χ1n) is 16.9. The van der Waals surface area contributed by atoms with Gasteiger partial charge < -0.3 is 57.4 Å². The van der Waals surface area contributed by atoms with Crippen molar-refractivity contribution in [2.75, 3.05) is 151 Å². The Bertz CT molecular complexity index is 1030. The molecular formula is C34H54N2O14. The monoisotopic (exact) mass is 714 g/mol. The Labute approximate surface area is 294 Å². The number of nitrogens with one attached hydrogen (secondary N) is 1.